The van der Waals surface area contributed by atoms with E-state index in [4.69, 9.17) is 0 Å². The third kappa shape index (κ3) is 2.61. The lowest BCUT2D eigenvalue weighted by Gasteiger charge is -2.22. The minimum absolute atomic E-state index is 0.0770. The normalized spacial score (nSPS) is 28.2. The van der Waals surface area contributed by atoms with Gasteiger partial charge < -0.3 is 0 Å². The van der Waals surface area contributed by atoms with Crippen molar-refractivity contribution in [1.82, 2.24) is 20.6 Å². The van der Waals surface area contributed by atoms with Gasteiger partial charge >= 0.3 is 6.03 Å². The van der Waals surface area contributed by atoms with E-state index in [0.717, 1.165) is 17.8 Å². The summed E-state index contributed by atoms with van der Waals surface area (Å²) in [4.78, 5) is 14.1. The Morgan fingerprint density at radius 1 is 1.32 bits per heavy atom. The van der Waals surface area contributed by atoms with Crippen LogP contribution in [0.1, 0.15) is 36.6 Å². The molecule has 1 aliphatic heterocycles. The maximum atomic E-state index is 11.9. The molecule has 8 heteroatoms. The summed E-state index contributed by atoms with van der Waals surface area (Å²) >= 11 is 5.21. The smallest absolute Gasteiger partial charge is 0.261 e. The van der Waals surface area contributed by atoms with Crippen molar-refractivity contribution < 1.29 is 4.79 Å². The minimum atomic E-state index is -0.0770. The van der Waals surface area contributed by atoms with Gasteiger partial charge in [-0.3, -0.25) is 9.91 Å². The number of hydrazine groups is 1. The first-order valence-corrected chi connectivity index (χ1v) is 8.14. The van der Waals surface area contributed by atoms with Crippen LogP contribution in [-0.4, -0.2) is 39.8 Å². The topological polar surface area (TPSA) is 61.4 Å². The lowest BCUT2D eigenvalue weighted by atomic mass is 9.90. The number of anilines is 1. The van der Waals surface area contributed by atoms with E-state index in [1.54, 1.807) is 23.3 Å². The number of carbonyl (C=O) groups is 1. The monoisotopic (exact) mass is 345 g/mol. The van der Waals surface area contributed by atoms with Gasteiger partial charge in [-0.15, -0.1) is 10.2 Å². The summed E-state index contributed by atoms with van der Waals surface area (Å²) in [7, 11) is 1.71. The van der Waals surface area contributed by atoms with Crippen LogP contribution in [0.3, 0.4) is 0 Å². The predicted molar refractivity (Wildman–Crippen MR) is 77.5 cm³/mol. The molecule has 0 spiro atoms. The van der Waals surface area contributed by atoms with Gasteiger partial charge in [-0.25, -0.2) is 10.2 Å². The van der Waals surface area contributed by atoms with Gasteiger partial charge in [-0.05, 0) is 25.7 Å². The number of nitrogens with one attached hydrogen (secondary N) is 1. The maximum absolute atomic E-state index is 11.9. The second kappa shape index (κ2) is 5.34. The molecule has 1 aromatic rings. The zero-order valence-electron chi connectivity index (χ0n) is 10.7. The van der Waals surface area contributed by atoms with Gasteiger partial charge in [0.15, 0.2) is 0 Å². The van der Waals surface area contributed by atoms with Crippen molar-refractivity contribution in [3.8, 4) is 0 Å². The Labute approximate surface area is 124 Å². The second-order valence-electron chi connectivity index (χ2n) is 4.96. The van der Waals surface area contributed by atoms with Crippen molar-refractivity contribution in [3.63, 3.8) is 0 Å². The molecule has 6 nitrogen and oxygen atoms in total. The Morgan fingerprint density at radius 3 is 2.68 bits per heavy atom. The molecule has 0 radical (unpaired) electrons. The van der Waals surface area contributed by atoms with Crippen molar-refractivity contribution in [2.24, 2.45) is 0 Å². The summed E-state index contributed by atoms with van der Waals surface area (Å²) in [6.45, 7) is 0.470. The van der Waals surface area contributed by atoms with Crippen LogP contribution in [0.15, 0.2) is 0 Å². The number of aromatic nitrogens is 2. The van der Waals surface area contributed by atoms with E-state index in [2.05, 4.69) is 31.6 Å². The van der Waals surface area contributed by atoms with E-state index in [9.17, 15) is 4.79 Å². The molecule has 0 aromatic carbocycles. The van der Waals surface area contributed by atoms with E-state index in [1.165, 1.54) is 17.9 Å². The summed E-state index contributed by atoms with van der Waals surface area (Å²) < 4.78 is 0. The first-order valence-electron chi connectivity index (χ1n) is 6.41. The number of nitrogens with zero attached hydrogens (tertiary/aromatic N) is 4. The van der Waals surface area contributed by atoms with Crippen LogP contribution in [0.5, 0.6) is 0 Å². The third-order valence-electron chi connectivity index (χ3n) is 3.65. The third-order valence-corrected chi connectivity index (χ3v) is 5.68. The van der Waals surface area contributed by atoms with Gasteiger partial charge in [-0.1, -0.05) is 27.3 Å². The molecule has 1 N–H and O–H groups in total. The Morgan fingerprint density at radius 2 is 2.05 bits per heavy atom. The highest BCUT2D eigenvalue weighted by Crippen LogP contribution is 2.38. The van der Waals surface area contributed by atoms with Crippen molar-refractivity contribution >= 4 is 38.4 Å². The standard InChI is InChI=1S/C11H16BrN5OS/c1-16-11(18)17(6-13-16)10-15-14-9(19-10)7-2-4-8(12)5-3-7/h7-8,13H,2-6H2,1H3. The molecule has 2 fully saturated rings. The number of hydrogen-bond donors (Lipinski definition) is 1. The van der Waals surface area contributed by atoms with Crippen LogP contribution in [0.4, 0.5) is 9.93 Å². The number of rotatable bonds is 2. The van der Waals surface area contributed by atoms with Crippen molar-refractivity contribution in [2.75, 3.05) is 18.6 Å². The quantitative estimate of drug-likeness (QED) is 0.835. The van der Waals surface area contributed by atoms with Crippen LogP contribution in [0.2, 0.25) is 0 Å². The molecule has 1 aliphatic carbocycles. The lowest BCUT2D eigenvalue weighted by Crippen LogP contribution is -2.31. The van der Waals surface area contributed by atoms with E-state index < -0.39 is 0 Å². The molecule has 2 amide bonds. The molecule has 1 saturated carbocycles. The van der Waals surface area contributed by atoms with E-state index in [1.807, 2.05) is 0 Å². The van der Waals surface area contributed by atoms with E-state index in [0.29, 0.717) is 22.5 Å². The van der Waals surface area contributed by atoms with Crippen LogP contribution in [0.25, 0.3) is 0 Å². The largest absolute Gasteiger partial charge is 0.341 e. The van der Waals surface area contributed by atoms with Crippen LogP contribution in [-0.2, 0) is 0 Å². The Bertz CT molecular complexity index is 473. The van der Waals surface area contributed by atoms with Gasteiger partial charge in [0.1, 0.15) is 5.01 Å². The lowest BCUT2D eigenvalue weighted by molar-refractivity contribution is 0.217. The molecule has 3 rings (SSSR count). The average molecular weight is 346 g/mol. The summed E-state index contributed by atoms with van der Waals surface area (Å²) in [5, 5.41) is 11.7. The van der Waals surface area contributed by atoms with Crippen LogP contribution < -0.4 is 10.3 Å². The van der Waals surface area contributed by atoms with Gasteiger partial charge in [0.05, 0.1) is 6.67 Å². The fraction of sp³-hybridized carbons (Fsp3) is 0.727. The molecule has 1 aromatic heterocycles. The molecule has 104 valence electrons. The summed E-state index contributed by atoms with van der Waals surface area (Å²) in [6.07, 6.45) is 4.67. The fourth-order valence-electron chi connectivity index (χ4n) is 2.44. The molecule has 19 heavy (non-hydrogen) atoms. The van der Waals surface area contributed by atoms with E-state index >= 15 is 0 Å². The Hall–Kier alpha value is -0.730. The fourth-order valence-corrected chi connectivity index (χ4v) is 3.98. The molecular weight excluding hydrogens is 330 g/mol. The van der Waals surface area contributed by atoms with Crippen molar-refractivity contribution in [2.45, 2.75) is 36.4 Å². The number of halogens is 1. The summed E-state index contributed by atoms with van der Waals surface area (Å²) in [6, 6.07) is -0.0770. The molecule has 2 aliphatic rings. The molecular formula is C11H16BrN5OS. The number of urea groups is 1. The highest BCUT2D eigenvalue weighted by atomic mass is 79.9. The SMILES string of the molecule is CN1NCN(c2nnc(C3CCC(Br)CC3)s2)C1=O. The zero-order valence-corrected chi connectivity index (χ0v) is 13.1. The van der Waals surface area contributed by atoms with E-state index in [-0.39, 0.29) is 6.03 Å². The number of alkyl halides is 1. The molecule has 0 bridgehead atoms. The Balaban J connectivity index is 1.71. The predicted octanol–water partition coefficient (Wildman–Crippen LogP) is 2.29. The van der Waals surface area contributed by atoms with Crippen LogP contribution >= 0.6 is 27.3 Å². The first-order chi connectivity index (χ1) is 9.15. The molecule has 1 saturated heterocycles. The van der Waals surface area contributed by atoms with Crippen molar-refractivity contribution in [1.29, 1.82) is 0 Å². The molecule has 2 heterocycles. The highest BCUT2D eigenvalue weighted by Gasteiger charge is 2.30. The van der Waals surface area contributed by atoms with Gasteiger partial charge in [-0.2, -0.15) is 0 Å². The zero-order chi connectivity index (χ0) is 13.4. The second-order valence-corrected chi connectivity index (χ2v) is 7.24. The molecule has 0 unspecified atom stereocenters. The summed E-state index contributed by atoms with van der Waals surface area (Å²) in [5.74, 6) is 0.503. The Kier molecular flexibility index (Phi) is 3.72. The van der Waals surface area contributed by atoms with Crippen LogP contribution in [0, 0.1) is 0 Å². The minimum Gasteiger partial charge on any atom is -0.261 e. The maximum Gasteiger partial charge on any atom is 0.341 e. The summed E-state index contributed by atoms with van der Waals surface area (Å²) in [5.41, 5.74) is 2.95. The number of carbonyl (C=O) groups excluding carboxylic acids is 1. The number of amides is 2. The van der Waals surface area contributed by atoms with Gasteiger partial charge in [0.2, 0.25) is 5.13 Å². The van der Waals surface area contributed by atoms with Crippen molar-refractivity contribution in [3.05, 3.63) is 5.01 Å². The van der Waals surface area contributed by atoms with Gasteiger partial charge in [0, 0.05) is 17.8 Å². The number of hydrogen-bond acceptors (Lipinski definition) is 5. The average Bonchev–Trinajstić information content (AvgIpc) is 2.99. The highest BCUT2D eigenvalue weighted by molar-refractivity contribution is 9.09. The van der Waals surface area contributed by atoms with Gasteiger partial charge in [0.25, 0.3) is 0 Å². The molecule has 0 atom stereocenters. The first kappa shape index (κ1) is 13.3.